The Morgan fingerprint density at radius 2 is 2.03 bits per heavy atom. The van der Waals surface area contributed by atoms with E-state index in [9.17, 15) is 9.18 Å². The van der Waals surface area contributed by atoms with Gasteiger partial charge in [-0.05, 0) is 37.3 Å². The number of imidazole rings is 1. The van der Waals surface area contributed by atoms with Gasteiger partial charge < -0.3 is 24.5 Å². The van der Waals surface area contributed by atoms with E-state index in [1.54, 1.807) is 38.4 Å². The van der Waals surface area contributed by atoms with E-state index in [1.807, 2.05) is 0 Å². The Hall–Kier alpha value is -3.63. The Morgan fingerprint density at radius 3 is 2.70 bits per heavy atom. The molecule has 1 fully saturated rings. The van der Waals surface area contributed by atoms with E-state index < -0.39 is 17.7 Å². The van der Waals surface area contributed by atoms with Crippen LogP contribution in [0.1, 0.15) is 19.0 Å². The third-order valence-corrected chi connectivity index (χ3v) is 5.13. The zero-order chi connectivity index (χ0) is 23.4. The molecule has 0 aliphatic carbocycles. The lowest BCUT2D eigenvalue weighted by molar-refractivity contribution is -0.238. The van der Waals surface area contributed by atoms with E-state index in [2.05, 4.69) is 31.8 Å². The highest BCUT2D eigenvalue weighted by Gasteiger charge is 2.42. The van der Waals surface area contributed by atoms with Gasteiger partial charge in [0.15, 0.2) is 5.82 Å². The fourth-order valence-corrected chi connectivity index (χ4v) is 3.32. The van der Waals surface area contributed by atoms with Gasteiger partial charge in [0.2, 0.25) is 12.2 Å². The average molecular weight is 453 g/mol. The largest absolute Gasteiger partial charge is 0.461 e. The van der Waals surface area contributed by atoms with Crippen LogP contribution in [0.2, 0.25) is 0 Å². The zero-order valence-corrected chi connectivity index (χ0v) is 18.3. The highest BCUT2D eigenvalue weighted by atomic mass is 19.1. The Morgan fingerprint density at radius 1 is 1.30 bits per heavy atom. The molecule has 0 bridgehead atoms. The number of nitrogens with one attached hydrogen (secondary N) is 2. The number of anilines is 1. The fourth-order valence-electron chi connectivity index (χ4n) is 3.32. The number of nitrogens with zero attached hydrogens (tertiary/aromatic N) is 3. The molecule has 10 heteroatoms. The fraction of sp³-hybridized carbons (Fsp3) is 0.304. The van der Waals surface area contributed by atoms with E-state index >= 15 is 0 Å². The lowest BCUT2D eigenvalue weighted by Crippen LogP contribution is -2.43. The van der Waals surface area contributed by atoms with Crippen LogP contribution in [0.25, 0.3) is 22.6 Å². The summed E-state index contributed by atoms with van der Waals surface area (Å²) in [5.74, 6) is 0.0637. The van der Waals surface area contributed by atoms with Gasteiger partial charge in [-0.15, -0.1) is 0 Å². The van der Waals surface area contributed by atoms with E-state index in [4.69, 9.17) is 14.2 Å². The summed E-state index contributed by atoms with van der Waals surface area (Å²) in [6.45, 7) is 5.56. The third-order valence-electron chi connectivity index (χ3n) is 5.13. The molecule has 172 valence electrons. The molecule has 4 rings (SSSR count). The Balaban J connectivity index is 1.64. The number of ether oxygens (including phenoxy) is 3. The third kappa shape index (κ3) is 4.76. The molecule has 1 aromatic carbocycles. The van der Waals surface area contributed by atoms with Crippen LogP contribution in [0, 0.1) is 11.2 Å². The first-order valence-electron chi connectivity index (χ1n) is 10.3. The number of H-pyrrole nitrogens is 1. The van der Waals surface area contributed by atoms with Crippen LogP contribution in [0.5, 0.6) is 0 Å². The Kier molecular flexibility index (Phi) is 6.47. The molecule has 33 heavy (non-hydrogen) atoms. The molecule has 0 radical (unpaired) electrons. The minimum Gasteiger partial charge on any atom is -0.461 e. The normalized spacial score (nSPS) is 20.3. The van der Waals surface area contributed by atoms with Gasteiger partial charge in [0.25, 0.3) is 0 Å². The van der Waals surface area contributed by atoms with Crippen molar-refractivity contribution in [1.82, 2.24) is 19.9 Å². The molecule has 0 spiro atoms. The number of aromatic amines is 1. The summed E-state index contributed by atoms with van der Waals surface area (Å²) in [6.07, 6.45) is 2.29. The van der Waals surface area contributed by atoms with Gasteiger partial charge in [-0.3, -0.25) is 4.79 Å². The molecule has 0 unspecified atom stereocenters. The number of hydrogen-bond acceptors (Lipinski definition) is 8. The van der Waals surface area contributed by atoms with E-state index in [0.29, 0.717) is 34.4 Å². The van der Waals surface area contributed by atoms with E-state index in [0.717, 1.165) is 0 Å². The lowest BCUT2D eigenvalue weighted by atomic mass is 9.92. The number of benzene rings is 1. The van der Waals surface area contributed by atoms with Gasteiger partial charge in [0.05, 0.1) is 30.3 Å². The predicted molar refractivity (Wildman–Crippen MR) is 118 cm³/mol. The van der Waals surface area contributed by atoms with Crippen LogP contribution in [-0.2, 0) is 19.0 Å². The smallest absolute Gasteiger partial charge is 0.316 e. The van der Waals surface area contributed by atoms with Crippen molar-refractivity contribution in [1.29, 1.82) is 0 Å². The monoisotopic (exact) mass is 453 g/mol. The summed E-state index contributed by atoms with van der Waals surface area (Å²) < 4.78 is 30.3. The number of halogens is 1. The van der Waals surface area contributed by atoms with Crippen molar-refractivity contribution in [3.8, 4) is 22.6 Å². The molecule has 1 aliphatic rings. The van der Waals surface area contributed by atoms with Gasteiger partial charge in [-0.25, -0.2) is 19.3 Å². The van der Waals surface area contributed by atoms with Crippen molar-refractivity contribution in [2.75, 3.05) is 32.2 Å². The summed E-state index contributed by atoms with van der Waals surface area (Å²) in [4.78, 5) is 28.8. The summed E-state index contributed by atoms with van der Waals surface area (Å²) >= 11 is 0. The molecule has 0 saturated carbocycles. The summed E-state index contributed by atoms with van der Waals surface area (Å²) in [5.41, 5.74) is 1.48. The van der Waals surface area contributed by atoms with Crippen molar-refractivity contribution in [3.63, 3.8) is 0 Å². The number of rotatable bonds is 7. The molecule has 2 N–H and O–H groups in total. The number of aromatic nitrogens is 4. The van der Waals surface area contributed by atoms with Gasteiger partial charge >= 0.3 is 5.97 Å². The average Bonchev–Trinajstić information content (AvgIpc) is 3.29. The second kappa shape index (κ2) is 9.47. The number of carbonyl (C=O) groups is 1. The van der Waals surface area contributed by atoms with E-state index in [1.165, 1.54) is 18.2 Å². The van der Waals surface area contributed by atoms with Crippen LogP contribution in [0.3, 0.4) is 0 Å². The predicted octanol–water partition coefficient (Wildman–Crippen LogP) is 3.50. The molecule has 0 amide bonds. The molecular formula is C23H24FN5O4. The Labute approximate surface area is 190 Å². The molecule has 9 nitrogen and oxygen atoms in total. The first-order valence-corrected chi connectivity index (χ1v) is 10.3. The molecule has 1 aliphatic heterocycles. The summed E-state index contributed by atoms with van der Waals surface area (Å²) in [5, 5.41) is 2.90. The van der Waals surface area contributed by atoms with Crippen LogP contribution in [0.4, 0.5) is 10.3 Å². The number of hydrogen-bond donors (Lipinski definition) is 2. The first kappa shape index (κ1) is 22.6. The number of carbonyl (C=O) groups excluding carboxylic acids is 1. The van der Waals surface area contributed by atoms with Crippen LogP contribution in [-0.4, -0.2) is 52.8 Å². The number of esters is 1. The topological polar surface area (TPSA) is 111 Å². The highest BCUT2D eigenvalue weighted by molar-refractivity contribution is 5.78. The lowest BCUT2D eigenvalue weighted by Gasteiger charge is -2.34. The minimum atomic E-state index is -0.941. The maximum absolute atomic E-state index is 13.5. The first-order chi connectivity index (χ1) is 15.9. The Bertz CT molecular complexity index is 1140. The van der Waals surface area contributed by atoms with Gasteiger partial charge in [0, 0.05) is 18.8 Å². The van der Waals surface area contributed by atoms with Crippen LogP contribution >= 0.6 is 0 Å². The quantitative estimate of drug-likeness (QED) is 0.413. The molecule has 3 aromatic rings. The molecule has 3 heterocycles. The summed E-state index contributed by atoms with van der Waals surface area (Å²) in [6, 6.07) is 7.73. The molecule has 0 atom stereocenters. The zero-order valence-electron chi connectivity index (χ0n) is 18.3. The summed E-state index contributed by atoms with van der Waals surface area (Å²) in [7, 11) is 1.72. The van der Waals surface area contributed by atoms with Crippen molar-refractivity contribution in [3.05, 3.63) is 60.8 Å². The molecule has 2 aromatic heterocycles. The van der Waals surface area contributed by atoms with Gasteiger partial charge in [0.1, 0.15) is 17.8 Å². The molecular weight excluding hydrogens is 429 g/mol. The van der Waals surface area contributed by atoms with Crippen molar-refractivity contribution >= 4 is 11.9 Å². The van der Waals surface area contributed by atoms with Crippen molar-refractivity contribution in [2.24, 2.45) is 5.41 Å². The van der Waals surface area contributed by atoms with Gasteiger partial charge in [-0.1, -0.05) is 12.7 Å². The second-order valence-corrected chi connectivity index (χ2v) is 7.77. The van der Waals surface area contributed by atoms with Gasteiger partial charge in [-0.2, -0.15) is 0 Å². The van der Waals surface area contributed by atoms with Crippen molar-refractivity contribution < 1.29 is 23.4 Å². The maximum atomic E-state index is 13.5. The van der Waals surface area contributed by atoms with Crippen LogP contribution in [0.15, 0.2) is 49.2 Å². The van der Waals surface area contributed by atoms with E-state index in [-0.39, 0.29) is 25.6 Å². The SMILES string of the molecule is C=CCOC(=O)C1(C)COC(c2nc(-c3ccc(F)cc3)c(-c3ccnc(NC)n3)[nH]2)OC1. The van der Waals surface area contributed by atoms with Crippen molar-refractivity contribution in [2.45, 2.75) is 13.2 Å². The minimum absolute atomic E-state index is 0.0902. The molecule has 1 saturated heterocycles. The highest BCUT2D eigenvalue weighted by Crippen LogP contribution is 2.36. The maximum Gasteiger partial charge on any atom is 0.316 e. The second-order valence-electron chi connectivity index (χ2n) is 7.77. The van der Waals surface area contributed by atoms with Crippen LogP contribution < -0.4 is 5.32 Å². The standard InChI is InChI=1S/C23H24FN5O4/c1-4-11-31-21(30)23(2)12-32-20(33-13-23)19-28-17(14-5-7-15(24)8-6-14)18(29-19)16-9-10-26-22(25-3)27-16/h4-10,20H,1,11-13H2,2-3H3,(H,28,29)(H,25,26,27).